The zero-order chi connectivity index (χ0) is 14.2. The maximum Gasteiger partial charge on any atom is 0.210 e. The van der Waals surface area contributed by atoms with E-state index >= 15 is 0 Å². The lowest BCUT2D eigenvalue weighted by Crippen LogP contribution is -2.37. The molecule has 0 aliphatic heterocycles. The molecule has 4 N–H and O–H groups in total. The fraction of sp³-hybridized carbons (Fsp3) is 0.533. The van der Waals surface area contributed by atoms with Crippen LogP contribution in [0.15, 0.2) is 35.3 Å². The van der Waals surface area contributed by atoms with Gasteiger partial charge in [-0.25, -0.2) is 5.84 Å². The molecule has 0 saturated heterocycles. The van der Waals surface area contributed by atoms with E-state index in [4.69, 9.17) is 5.84 Å². The average molecular weight is 275 g/mol. The fourth-order valence-corrected chi connectivity index (χ4v) is 2.63. The summed E-state index contributed by atoms with van der Waals surface area (Å²) in [6.07, 6.45) is 5.38. The van der Waals surface area contributed by atoms with Crippen LogP contribution in [-0.4, -0.2) is 37.0 Å². The summed E-state index contributed by atoms with van der Waals surface area (Å²) in [5.41, 5.74) is 3.59. The number of benzene rings is 1. The minimum Gasteiger partial charge on any atom is -0.325 e. The minimum atomic E-state index is 0.607. The van der Waals surface area contributed by atoms with Gasteiger partial charge in [0.2, 0.25) is 5.96 Å². The molecule has 0 spiro atoms. The molecular formula is C15H25N5. The summed E-state index contributed by atoms with van der Waals surface area (Å²) < 4.78 is 0. The average Bonchev–Trinajstić information content (AvgIpc) is 3.01. The lowest BCUT2D eigenvalue weighted by Gasteiger charge is -2.23. The predicted molar refractivity (Wildman–Crippen MR) is 84.6 cm³/mol. The van der Waals surface area contributed by atoms with E-state index in [0.717, 1.165) is 24.8 Å². The Kier molecular flexibility index (Phi) is 5.83. The van der Waals surface area contributed by atoms with Crippen molar-refractivity contribution < 1.29 is 0 Å². The number of hydrazine groups is 1. The van der Waals surface area contributed by atoms with Gasteiger partial charge >= 0.3 is 0 Å². The second-order valence-electron chi connectivity index (χ2n) is 5.28. The fourth-order valence-electron chi connectivity index (χ4n) is 2.63. The van der Waals surface area contributed by atoms with Crippen molar-refractivity contribution in [1.82, 2.24) is 10.3 Å². The van der Waals surface area contributed by atoms with Gasteiger partial charge in [-0.1, -0.05) is 31.0 Å². The number of aliphatic imine (C=N–C) groups is 1. The van der Waals surface area contributed by atoms with Gasteiger partial charge in [0.25, 0.3) is 0 Å². The highest BCUT2D eigenvalue weighted by atomic mass is 15.3. The monoisotopic (exact) mass is 275 g/mol. The molecule has 1 aromatic rings. The minimum absolute atomic E-state index is 0.607. The number of nitrogens with one attached hydrogen (secondary N) is 2. The molecule has 0 amide bonds. The smallest absolute Gasteiger partial charge is 0.210 e. The van der Waals surface area contributed by atoms with E-state index in [1.165, 1.54) is 25.7 Å². The Morgan fingerprint density at radius 3 is 2.65 bits per heavy atom. The Bertz CT molecular complexity index is 412. The number of hydrogen-bond acceptors (Lipinski definition) is 3. The summed E-state index contributed by atoms with van der Waals surface area (Å²) in [6.45, 7) is 1.71. The number of likely N-dealkylation sites (N-methyl/N-ethyl adjacent to an activating group) is 1. The summed E-state index contributed by atoms with van der Waals surface area (Å²) >= 11 is 0. The topological polar surface area (TPSA) is 65.7 Å². The molecule has 0 heterocycles. The Hall–Kier alpha value is -1.59. The lowest BCUT2D eigenvalue weighted by molar-refractivity contribution is 0.252. The van der Waals surface area contributed by atoms with Crippen LogP contribution in [0.2, 0.25) is 0 Å². The molecule has 1 aromatic carbocycles. The first-order valence-corrected chi connectivity index (χ1v) is 7.33. The zero-order valence-electron chi connectivity index (χ0n) is 12.2. The number of hydrogen-bond donors (Lipinski definition) is 3. The SMILES string of the molecule is CN(CCN=C(NN)Nc1ccccc1)C1CCCC1. The van der Waals surface area contributed by atoms with Crippen LogP contribution in [0.3, 0.4) is 0 Å². The number of nitrogens with two attached hydrogens (primary N) is 1. The first kappa shape index (κ1) is 14.8. The summed E-state index contributed by atoms with van der Waals surface area (Å²) in [5, 5.41) is 3.17. The normalized spacial score (nSPS) is 16.6. The van der Waals surface area contributed by atoms with Gasteiger partial charge in [0.15, 0.2) is 0 Å². The third-order valence-corrected chi connectivity index (χ3v) is 3.84. The molecule has 1 aliphatic carbocycles. The van der Waals surface area contributed by atoms with Gasteiger partial charge in [0.05, 0.1) is 6.54 Å². The van der Waals surface area contributed by atoms with E-state index in [1.54, 1.807) is 0 Å². The number of anilines is 1. The van der Waals surface area contributed by atoms with Crippen LogP contribution >= 0.6 is 0 Å². The van der Waals surface area contributed by atoms with E-state index in [-0.39, 0.29) is 0 Å². The van der Waals surface area contributed by atoms with E-state index in [1.807, 2.05) is 30.3 Å². The molecule has 5 nitrogen and oxygen atoms in total. The number of nitrogens with zero attached hydrogens (tertiary/aromatic N) is 2. The van der Waals surface area contributed by atoms with Crippen LogP contribution in [0.5, 0.6) is 0 Å². The standard InChI is InChI=1S/C15H25N5/c1-20(14-9-5-6-10-14)12-11-17-15(19-16)18-13-7-3-2-4-8-13/h2-4,7-8,14H,5-6,9-12,16H2,1H3,(H2,17,18,19). The van der Waals surface area contributed by atoms with Gasteiger partial charge in [-0.2, -0.15) is 0 Å². The third kappa shape index (κ3) is 4.51. The van der Waals surface area contributed by atoms with E-state index < -0.39 is 0 Å². The van der Waals surface area contributed by atoms with Crippen molar-refractivity contribution >= 4 is 11.6 Å². The van der Waals surface area contributed by atoms with Crippen molar-refractivity contribution in [1.29, 1.82) is 0 Å². The molecule has 110 valence electrons. The van der Waals surface area contributed by atoms with Crippen molar-refractivity contribution in [3.63, 3.8) is 0 Å². The molecule has 0 bridgehead atoms. The molecule has 0 atom stereocenters. The van der Waals surface area contributed by atoms with Gasteiger partial charge in [-0.05, 0) is 32.0 Å². The van der Waals surface area contributed by atoms with E-state index in [9.17, 15) is 0 Å². The van der Waals surface area contributed by atoms with Crippen LogP contribution in [0.1, 0.15) is 25.7 Å². The molecule has 20 heavy (non-hydrogen) atoms. The number of guanidine groups is 1. The molecule has 2 rings (SSSR count). The van der Waals surface area contributed by atoms with Gasteiger partial charge in [0, 0.05) is 18.3 Å². The van der Waals surface area contributed by atoms with Crippen molar-refractivity contribution in [2.24, 2.45) is 10.8 Å². The Morgan fingerprint density at radius 2 is 2.00 bits per heavy atom. The molecular weight excluding hydrogens is 250 g/mol. The van der Waals surface area contributed by atoms with Crippen LogP contribution in [0, 0.1) is 0 Å². The highest BCUT2D eigenvalue weighted by molar-refractivity contribution is 5.93. The maximum absolute atomic E-state index is 5.50. The van der Waals surface area contributed by atoms with Gasteiger partial charge in [-0.15, -0.1) is 0 Å². The van der Waals surface area contributed by atoms with Gasteiger partial charge in [-0.3, -0.25) is 10.4 Å². The summed E-state index contributed by atoms with van der Waals surface area (Å²) in [7, 11) is 2.19. The van der Waals surface area contributed by atoms with Crippen molar-refractivity contribution in [3.05, 3.63) is 30.3 Å². The second-order valence-corrected chi connectivity index (χ2v) is 5.28. The maximum atomic E-state index is 5.50. The number of rotatable bonds is 5. The highest BCUT2D eigenvalue weighted by Crippen LogP contribution is 2.21. The molecule has 1 aliphatic rings. The highest BCUT2D eigenvalue weighted by Gasteiger charge is 2.18. The van der Waals surface area contributed by atoms with Crippen molar-refractivity contribution in [2.75, 3.05) is 25.5 Å². The summed E-state index contributed by atoms with van der Waals surface area (Å²) in [5.74, 6) is 6.11. The van der Waals surface area contributed by atoms with Crippen molar-refractivity contribution in [3.8, 4) is 0 Å². The molecule has 1 saturated carbocycles. The molecule has 0 aromatic heterocycles. The summed E-state index contributed by atoms with van der Waals surface area (Å²) in [6, 6.07) is 10.6. The second kappa shape index (κ2) is 7.87. The Labute approximate surface area is 121 Å². The van der Waals surface area contributed by atoms with Crippen LogP contribution < -0.4 is 16.6 Å². The van der Waals surface area contributed by atoms with Gasteiger partial charge in [0.1, 0.15) is 0 Å². The third-order valence-electron chi connectivity index (χ3n) is 3.84. The van der Waals surface area contributed by atoms with E-state index in [0.29, 0.717) is 5.96 Å². The van der Waals surface area contributed by atoms with Crippen molar-refractivity contribution in [2.45, 2.75) is 31.7 Å². The molecule has 1 fully saturated rings. The van der Waals surface area contributed by atoms with Crippen LogP contribution in [-0.2, 0) is 0 Å². The number of para-hydroxylation sites is 1. The molecule has 0 unspecified atom stereocenters. The molecule has 0 radical (unpaired) electrons. The summed E-state index contributed by atoms with van der Waals surface area (Å²) in [4.78, 5) is 6.89. The van der Waals surface area contributed by atoms with Gasteiger partial charge < -0.3 is 10.2 Å². The molecule has 5 heteroatoms. The quantitative estimate of drug-likeness (QED) is 0.332. The van der Waals surface area contributed by atoms with Crippen LogP contribution in [0.25, 0.3) is 0 Å². The largest absolute Gasteiger partial charge is 0.325 e. The first-order valence-electron chi connectivity index (χ1n) is 7.33. The Morgan fingerprint density at radius 1 is 1.30 bits per heavy atom. The lowest BCUT2D eigenvalue weighted by atomic mass is 10.2. The van der Waals surface area contributed by atoms with Crippen LogP contribution in [0.4, 0.5) is 5.69 Å². The van der Waals surface area contributed by atoms with E-state index in [2.05, 4.69) is 27.7 Å². The zero-order valence-corrected chi connectivity index (χ0v) is 12.2. The predicted octanol–water partition coefficient (Wildman–Crippen LogP) is 1.79. The Balaban J connectivity index is 1.78. The first-order chi connectivity index (χ1) is 9.79.